The molecule has 1 amide bonds. The molecule has 2 aromatic carbocycles. The third kappa shape index (κ3) is 5.61. The lowest BCUT2D eigenvalue weighted by Crippen LogP contribution is -2.38. The normalized spacial score (nSPS) is 12.9. The Morgan fingerprint density at radius 3 is 2.48 bits per heavy atom. The molecule has 2 rings (SSSR count). The molecule has 0 aliphatic rings. The lowest BCUT2D eigenvalue weighted by atomic mass is 9.96. The van der Waals surface area contributed by atoms with Gasteiger partial charge < -0.3 is 10.1 Å². The van der Waals surface area contributed by atoms with Crippen LogP contribution in [0.25, 0.3) is 0 Å². The highest BCUT2D eigenvalue weighted by molar-refractivity contribution is 6.30. The Bertz CT molecular complexity index is 718. The topological polar surface area (TPSA) is 55.4 Å². The van der Waals surface area contributed by atoms with Gasteiger partial charge in [-0.3, -0.25) is 4.79 Å². The Hall–Kier alpha value is -2.33. The van der Waals surface area contributed by atoms with Crippen LogP contribution in [0.3, 0.4) is 0 Å². The molecular formula is C20H22ClNO3. The van der Waals surface area contributed by atoms with Crippen molar-refractivity contribution in [2.45, 2.75) is 32.3 Å². The van der Waals surface area contributed by atoms with Crippen LogP contribution >= 0.6 is 11.6 Å². The molecule has 0 saturated carbocycles. The van der Waals surface area contributed by atoms with Gasteiger partial charge in [0.15, 0.2) is 6.10 Å². The van der Waals surface area contributed by atoms with Gasteiger partial charge in [-0.2, -0.15) is 0 Å². The van der Waals surface area contributed by atoms with E-state index >= 15 is 0 Å². The van der Waals surface area contributed by atoms with E-state index in [4.69, 9.17) is 16.3 Å². The summed E-state index contributed by atoms with van der Waals surface area (Å²) in [6.07, 6.45) is 0.0285. The summed E-state index contributed by atoms with van der Waals surface area (Å²) >= 11 is 5.86. The number of halogens is 1. The van der Waals surface area contributed by atoms with Gasteiger partial charge in [0.1, 0.15) is 0 Å². The number of benzene rings is 2. The minimum absolute atomic E-state index is 0.223. The van der Waals surface area contributed by atoms with Crippen molar-refractivity contribution in [1.29, 1.82) is 0 Å². The number of hydrogen-bond donors (Lipinski definition) is 1. The van der Waals surface area contributed by atoms with Crippen molar-refractivity contribution in [3.05, 3.63) is 70.7 Å². The van der Waals surface area contributed by atoms with Crippen molar-refractivity contribution in [3.8, 4) is 0 Å². The van der Waals surface area contributed by atoms with Crippen molar-refractivity contribution in [2.75, 3.05) is 6.54 Å². The summed E-state index contributed by atoms with van der Waals surface area (Å²) in [5.41, 5.74) is 1.50. The maximum Gasteiger partial charge on any atom is 0.338 e. The lowest BCUT2D eigenvalue weighted by molar-refractivity contribution is -0.129. The molecular weight excluding hydrogens is 338 g/mol. The van der Waals surface area contributed by atoms with E-state index in [0.717, 1.165) is 6.42 Å². The molecule has 0 bridgehead atoms. The molecule has 0 heterocycles. The van der Waals surface area contributed by atoms with E-state index in [1.165, 1.54) is 11.6 Å². The van der Waals surface area contributed by atoms with E-state index < -0.39 is 12.1 Å². The molecule has 0 unspecified atom stereocenters. The van der Waals surface area contributed by atoms with Crippen molar-refractivity contribution in [1.82, 2.24) is 5.32 Å². The average molecular weight is 360 g/mol. The molecule has 4 nitrogen and oxygen atoms in total. The summed E-state index contributed by atoms with van der Waals surface area (Å²) in [5.74, 6) is -0.661. The quantitative estimate of drug-likeness (QED) is 0.754. The van der Waals surface area contributed by atoms with Crippen LogP contribution in [0.5, 0.6) is 0 Å². The van der Waals surface area contributed by atoms with E-state index in [0.29, 0.717) is 17.1 Å². The van der Waals surface area contributed by atoms with Gasteiger partial charge in [0.05, 0.1) is 5.56 Å². The summed E-state index contributed by atoms with van der Waals surface area (Å²) in [5, 5.41) is 3.30. The minimum atomic E-state index is -0.875. The van der Waals surface area contributed by atoms with Crippen molar-refractivity contribution in [3.63, 3.8) is 0 Å². The monoisotopic (exact) mass is 359 g/mol. The van der Waals surface area contributed by atoms with Gasteiger partial charge in [0, 0.05) is 17.5 Å². The van der Waals surface area contributed by atoms with Crippen LogP contribution in [-0.4, -0.2) is 24.5 Å². The molecule has 0 spiro atoms. The molecule has 5 heteroatoms. The molecule has 0 aromatic heterocycles. The molecule has 0 radical (unpaired) electrons. The highest BCUT2D eigenvalue weighted by Gasteiger charge is 2.20. The van der Waals surface area contributed by atoms with Crippen LogP contribution in [0.1, 0.15) is 42.1 Å². The fourth-order valence-electron chi connectivity index (χ4n) is 2.49. The zero-order chi connectivity index (χ0) is 18.2. The number of esters is 1. The first-order chi connectivity index (χ1) is 12.0. The van der Waals surface area contributed by atoms with Crippen molar-refractivity contribution < 1.29 is 14.3 Å². The predicted molar refractivity (Wildman–Crippen MR) is 98.8 cm³/mol. The summed E-state index contributed by atoms with van der Waals surface area (Å²) in [4.78, 5) is 24.3. The SMILES string of the molecule is CC[C@@H](CNC(=O)[C@H](C)OC(=O)c1cccc(Cl)c1)c1ccccc1. The Labute approximate surface area is 153 Å². The zero-order valence-electron chi connectivity index (χ0n) is 14.4. The molecule has 0 aliphatic carbocycles. The van der Waals surface area contributed by atoms with Gasteiger partial charge in [-0.15, -0.1) is 0 Å². The fourth-order valence-corrected chi connectivity index (χ4v) is 2.68. The van der Waals surface area contributed by atoms with Crippen molar-refractivity contribution in [2.24, 2.45) is 0 Å². The molecule has 25 heavy (non-hydrogen) atoms. The van der Waals surface area contributed by atoms with Gasteiger partial charge in [-0.05, 0) is 37.1 Å². The van der Waals surface area contributed by atoms with Crippen LogP contribution in [0.2, 0.25) is 5.02 Å². The second kappa shape index (κ2) is 9.23. The first-order valence-corrected chi connectivity index (χ1v) is 8.68. The van der Waals surface area contributed by atoms with Gasteiger partial charge in [-0.25, -0.2) is 4.79 Å². The Morgan fingerprint density at radius 2 is 1.84 bits per heavy atom. The maximum absolute atomic E-state index is 12.2. The van der Waals surface area contributed by atoms with Gasteiger partial charge in [0.25, 0.3) is 5.91 Å². The summed E-state index contributed by atoms with van der Waals surface area (Å²) in [6.45, 7) is 4.13. The number of hydrogen-bond acceptors (Lipinski definition) is 3. The Kier molecular flexibility index (Phi) is 7.02. The second-order valence-corrected chi connectivity index (χ2v) is 6.26. The maximum atomic E-state index is 12.2. The Morgan fingerprint density at radius 1 is 1.12 bits per heavy atom. The highest BCUT2D eigenvalue weighted by atomic mass is 35.5. The standard InChI is InChI=1S/C20H22ClNO3/c1-3-15(16-8-5-4-6-9-16)13-22-19(23)14(2)25-20(24)17-10-7-11-18(21)12-17/h4-12,14-15H,3,13H2,1-2H3,(H,22,23)/t14-,15-/m0/s1. The zero-order valence-corrected chi connectivity index (χ0v) is 15.1. The summed E-state index contributed by atoms with van der Waals surface area (Å²) < 4.78 is 5.22. The van der Waals surface area contributed by atoms with E-state index in [1.807, 2.05) is 30.3 Å². The molecule has 0 aliphatic heterocycles. The molecule has 0 fully saturated rings. The number of ether oxygens (including phenoxy) is 1. The van der Waals surface area contributed by atoms with E-state index in [2.05, 4.69) is 12.2 Å². The number of carbonyl (C=O) groups is 2. The molecule has 132 valence electrons. The third-order valence-corrected chi connectivity index (χ3v) is 4.23. The Balaban J connectivity index is 1.88. The van der Waals surface area contributed by atoms with Gasteiger partial charge >= 0.3 is 5.97 Å². The van der Waals surface area contributed by atoms with Crippen LogP contribution < -0.4 is 5.32 Å². The predicted octanol–water partition coefficient (Wildman–Crippen LogP) is 4.20. The van der Waals surface area contributed by atoms with Gasteiger partial charge in [-0.1, -0.05) is 54.9 Å². The van der Waals surface area contributed by atoms with E-state index in [-0.39, 0.29) is 11.8 Å². The molecule has 2 atom stereocenters. The first-order valence-electron chi connectivity index (χ1n) is 8.30. The smallest absolute Gasteiger partial charge is 0.338 e. The van der Waals surface area contributed by atoms with Crippen LogP contribution in [0, 0.1) is 0 Å². The molecule has 2 aromatic rings. The number of nitrogens with one attached hydrogen (secondary N) is 1. The number of rotatable bonds is 7. The van der Waals surface area contributed by atoms with E-state index in [1.54, 1.807) is 25.1 Å². The summed E-state index contributed by atoms with van der Waals surface area (Å²) in [6, 6.07) is 16.5. The number of carbonyl (C=O) groups excluding carboxylic acids is 2. The third-order valence-electron chi connectivity index (χ3n) is 4.00. The van der Waals surface area contributed by atoms with Crippen LogP contribution in [0.4, 0.5) is 0 Å². The molecule has 0 saturated heterocycles. The average Bonchev–Trinajstić information content (AvgIpc) is 2.62. The first kappa shape index (κ1) is 19.0. The van der Waals surface area contributed by atoms with E-state index in [9.17, 15) is 9.59 Å². The summed E-state index contributed by atoms with van der Waals surface area (Å²) in [7, 11) is 0. The van der Waals surface area contributed by atoms with Crippen LogP contribution in [-0.2, 0) is 9.53 Å². The second-order valence-electron chi connectivity index (χ2n) is 5.82. The van der Waals surface area contributed by atoms with Crippen molar-refractivity contribution >= 4 is 23.5 Å². The fraction of sp³-hybridized carbons (Fsp3) is 0.300. The molecule has 1 N–H and O–H groups in total. The minimum Gasteiger partial charge on any atom is -0.449 e. The lowest BCUT2D eigenvalue weighted by Gasteiger charge is -2.18. The largest absolute Gasteiger partial charge is 0.449 e. The van der Waals surface area contributed by atoms with Gasteiger partial charge in [0.2, 0.25) is 0 Å². The van der Waals surface area contributed by atoms with Crippen LogP contribution in [0.15, 0.2) is 54.6 Å². The number of amides is 1. The highest BCUT2D eigenvalue weighted by Crippen LogP contribution is 2.18.